The van der Waals surface area contributed by atoms with Gasteiger partial charge >= 0.3 is 0 Å². The van der Waals surface area contributed by atoms with Gasteiger partial charge in [-0.1, -0.05) is 0 Å². The van der Waals surface area contributed by atoms with E-state index in [1.54, 1.807) is 13.0 Å². The fourth-order valence-electron chi connectivity index (χ4n) is 0.371. The standard InChI is InChI=1S/C4H4N2O2S.C2H6O/c7-9(8)4-5-2-1-3-6-4;1-2-3/h1-3H,(H,7,8);3H,2H2,1H3/p-1. The Morgan fingerprint density at radius 1 is 1.58 bits per heavy atom. The second-order valence-electron chi connectivity index (χ2n) is 1.58. The van der Waals surface area contributed by atoms with Crippen LogP contribution in [0.25, 0.3) is 0 Å². The summed E-state index contributed by atoms with van der Waals surface area (Å²) in [5, 5.41) is 7.40. The minimum Gasteiger partial charge on any atom is -0.766 e. The van der Waals surface area contributed by atoms with Gasteiger partial charge in [0.25, 0.3) is 0 Å². The van der Waals surface area contributed by atoms with E-state index in [1.165, 1.54) is 12.4 Å². The van der Waals surface area contributed by atoms with E-state index < -0.39 is 11.1 Å². The molecule has 0 aliphatic heterocycles. The van der Waals surface area contributed by atoms with Gasteiger partial charge in [-0.05, 0) is 13.0 Å². The van der Waals surface area contributed by atoms with Gasteiger partial charge in [0.2, 0.25) is 5.16 Å². The fraction of sp³-hybridized carbons (Fsp3) is 0.333. The van der Waals surface area contributed by atoms with Gasteiger partial charge in [-0.15, -0.1) is 0 Å². The van der Waals surface area contributed by atoms with Crippen LogP contribution < -0.4 is 0 Å². The summed E-state index contributed by atoms with van der Waals surface area (Å²) in [4.78, 5) is 6.91. The van der Waals surface area contributed by atoms with Crippen LogP contribution in [-0.4, -0.2) is 30.4 Å². The van der Waals surface area contributed by atoms with Crippen molar-refractivity contribution < 1.29 is 13.9 Å². The van der Waals surface area contributed by atoms with Crippen LogP contribution in [0.5, 0.6) is 0 Å². The summed E-state index contributed by atoms with van der Waals surface area (Å²) in [6, 6.07) is 1.55. The Morgan fingerprint density at radius 3 is 2.25 bits per heavy atom. The third kappa shape index (κ3) is 4.89. The first-order valence-electron chi connectivity index (χ1n) is 3.19. The van der Waals surface area contributed by atoms with Gasteiger partial charge < -0.3 is 9.66 Å². The smallest absolute Gasteiger partial charge is 0.204 e. The van der Waals surface area contributed by atoms with Crippen molar-refractivity contribution in [3.05, 3.63) is 18.5 Å². The number of hydrogen-bond acceptors (Lipinski definition) is 5. The number of rotatable bonds is 1. The molecule has 0 aliphatic carbocycles. The lowest BCUT2D eigenvalue weighted by molar-refractivity contribution is 0.318. The molecule has 1 unspecified atom stereocenters. The van der Waals surface area contributed by atoms with Crippen molar-refractivity contribution in [1.82, 2.24) is 9.97 Å². The topological polar surface area (TPSA) is 86.1 Å². The molecule has 1 heterocycles. The third-order valence-electron chi connectivity index (χ3n) is 0.691. The van der Waals surface area contributed by atoms with Gasteiger partial charge in [0.05, 0.1) is 0 Å². The van der Waals surface area contributed by atoms with E-state index in [2.05, 4.69) is 9.97 Å². The van der Waals surface area contributed by atoms with Gasteiger partial charge in [0, 0.05) is 30.1 Å². The minimum absolute atomic E-state index is 0.169. The van der Waals surface area contributed by atoms with Crippen molar-refractivity contribution >= 4 is 11.1 Å². The van der Waals surface area contributed by atoms with Crippen LogP contribution in [0, 0.1) is 0 Å². The summed E-state index contributed by atoms with van der Waals surface area (Å²) in [5.41, 5.74) is 0. The average Bonchev–Trinajstić information content (AvgIpc) is 2.07. The van der Waals surface area contributed by atoms with Crippen LogP contribution in [0.1, 0.15) is 6.92 Å². The quantitative estimate of drug-likeness (QED) is 0.484. The summed E-state index contributed by atoms with van der Waals surface area (Å²) in [6.45, 7) is 1.93. The van der Waals surface area contributed by atoms with Crippen LogP contribution in [0.4, 0.5) is 0 Å². The third-order valence-corrected chi connectivity index (χ3v) is 1.20. The van der Waals surface area contributed by atoms with Crippen molar-refractivity contribution in [1.29, 1.82) is 0 Å². The molecule has 0 saturated carbocycles. The van der Waals surface area contributed by atoms with Gasteiger partial charge in [0.15, 0.2) is 0 Å². The van der Waals surface area contributed by atoms with E-state index in [9.17, 15) is 8.76 Å². The first-order chi connectivity index (χ1) is 5.72. The summed E-state index contributed by atoms with van der Waals surface area (Å²) in [6.07, 6.45) is 2.75. The molecule has 0 radical (unpaired) electrons. The SMILES string of the molecule is CCO.O=S([O-])c1ncccn1. The molecule has 0 aromatic carbocycles. The predicted octanol–water partition coefficient (Wildman–Crippen LogP) is -0.287. The van der Waals surface area contributed by atoms with Crippen LogP contribution in [0.2, 0.25) is 0 Å². The molecule has 6 heteroatoms. The highest BCUT2D eigenvalue weighted by Crippen LogP contribution is 1.89. The summed E-state index contributed by atoms with van der Waals surface area (Å²) in [5.74, 6) is 0. The van der Waals surface area contributed by atoms with Crippen LogP contribution >= 0.6 is 0 Å². The molecule has 1 aromatic heterocycles. The van der Waals surface area contributed by atoms with E-state index >= 15 is 0 Å². The van der Waals surface area contributed by atoms with E-state index in [-0.39, 0.29) is 11.8 Å². The summed E-state index contributed by atoms with van der Waals surface area (Å²) in [7, 11) is 0. The molecule has 0 fully saturated rings. The maximum absolute atomic E-state index is 10.1. The predicted molar refractivity (Wildman–Crippen MR) is 42.0 cm³/mol. The molecule has 1 N–H and O–H groups in total. The Labute approximate surface area is 72.8 Å². The molecule has 68 valence electrons. The fourth-order valence-corrected chi connectivity index (χ4v) is 0.665. The van der Waals surface area contributed by atoms with Gasteiger partial charge in [0.1, 0.15) is 0 Å². The molecule has 1 atom stereocenters. The lowest BCUT2D eigenvalue weighted by Crippen LogP contribution is -1.94. The van der Waals surface area contributed by atoms with Crippen molar-refractivity contribution in [2.75, 3.05) is 6.61 Å². The molecular formula is C6H9N2O3S-. The minimum atomic E-state index is -2.30. The van der Waals surface area contributed by atoms with Gasteiger partial charge in [-0.25, -0.2) is 9.97 Å². The Bertz CT molecular complexity index is 229. The van der Waals surface area contributed by atoms with Gasteiger partial charge in [-0.2, -0.15) is 0 Å². The maximum atomic E-state index is 10.1. The van der Waals surface area contributed by atoms with Crippen molar-refractivity contribution in [3.63, 3.8) is 0 Å². The van der Waals surface area contributed by atoms with Crippen molar-refractivity contribution in [2.24, 2.45) is 0 Å². The van der Waals surface area contributed by atoms with E-state index in [0.717, 1.165) is 0 Å². The first-order valence-corrected chi connectivity index (χ1v) is 4.27. The lowest BCUT2D eigenvalue weighted by atomic mass is 10.7. The zero-order valence-corrected chi connectivity index (χ0v) is 7.32. The number of nitrogens with zero attached hydrogens (tertiary/aromatic N) is 2. The molecule has 0 spiro atoms. The number of aromatic nitrogens is 2. The molecule has 0 saturated heterocycles. The summed E-state index contributed by atoms with van der Waals surface area (Å²) < 4.78 is 20.2. The normalized spacial score (nSPS) is 11.2. The monoisotopic (exact) mass is 189 g/mol. The molecular weight excluding hydrogens is 180 g/mol. The summed E-state index contributed by atoms with van der Waals surface area (Å²) >= 11 is -2.30. The van der Waals surface area contributed by atoms with Crippen LogP contribution in [0.15, 0.2) is 23.6 Å². The molecule has 1 aromatic rings. The molecule has 12 heavy (non-hydrogen) atoms. The van der Waals surface area contributed by atoms with E-state index in [1.807, 2.05) is 0 Å². The molecule has 1 rings (SSSR count). The molecule has 0 aliphatic rings. The molecule has 0 bridgehead atoms. The second-order valence-corrected chi connectivity index (χ2v) is 2.42. The lowest BCUT2D eigenvalue weighted by Gasteiger charge is -1.98. The Kier molecular flexibility index (Phi) is 6.35. The number of hydrogen-bond donors (Lipinski definition) is 1. The highest BCUT2D eigenvalue weighted by molar-refractivity contribution is 7.78. The van der Waals surface area contributed by atoms with Gasteiger partial charge in [-0.3, -0.25) is 4.21 Å². The number of aliphatic hydroxyl groups is 1. The van der Waals surface area contributed by atoms with E-state index in [4.69, 9.17) is 5.11 Å². The Morgan fingerprint density at radius 2 is 2.00 bits per heavy atom. The molecule has 0 amide bonds. The highest BCUT2D eigenvalue weighted by atomic mass is 32.2. The first kappa shape index (κ1) is 11.2. The van der Waals surface area contributed by atoms with E-state index in [0.29, 0.717) is 0 Å². The Hall–Kier alpha value is -0.850. The average molecular weight is 189 g/mol. The zero-order chi connectivity index (χ0) is 9.40. The van der Waals surface area contributed by atoms with Crippen LogP contribution in [0.3, 0.4) is 0 Å². The largest absolute Gasteiger partial charge is 0.766 e. The highest BCUT2D eigenvalue weighted by Gasteiger charge is 1.88. The zero-order valence-electron chi connectivity index (χ0n) is 6.51. The van der Waals surface area contributed by atoms with Crippen molar-refractivity contribution in [2.45, 2.75) is 12.1 Å². The second kappa shape index (κ2) is 6.84. The maximum Gasteiger partial charge on any atom is 0.204 e. The van der Waals surface area contributed by atoms with Crippen molar-refractivity contribution in [3.8, 4) is 0 Å². The molecule has 5 nitrogen and oxygen atoms in total. The Balaban J connectivity index is 0.000000354. The number of aliphatic hydroxyl groups excluding tert-OH is 1. The van der Waals surface area contributed by atoms with Crippen LogP contribution in [-0.2, 0) is 11.1 Å².